The second-order valence-corrected chi connectivity index (χ2v) is 10.5. The molecule has 4 heterocycles. The summed E-state index contributed by atoms with van der Waals surface area (Å²) in [6, 6.07) is 7.11. The molecule has 5 rings (SSSR count). The third-order valence-electron chi connectivity index (χ3n) is 6.44. The van der Waals surface area contributed by atoms with E-state index in [2.05, 4.69) is 9.80 Å². The van der Waals surface area contributed by atoms with Crippen molar-refractivity contribution in [2.45, 2.75) is 50.5 Å². The zero-order chi connectivity index (χ0) is 20.7. The number of sulfonamides is 1. The number of rotatable bonds is 4. The molecular formula is C22H29N5O2S. The number of nitrogens with zero attached hydrogens (tertiary/aromatic N) is 5. The first-order valence-electron chi connectivity index (χ1n) is 11.0. The van der Waals surface area contributed by atoms with Crippen molar-refractivity contribution < 1.29 is 8.42 Å². The summed E-state index contributed by atoms with van der Waals surface area (Å²) in [6.45, 7) is 6.74. The molecule has 2 fully saturated rings. The van der Waals surface area contributed by atoms with Crippen LogP contribution in [0.25, 0.3) is 0 Å². The third-order valence-corrected chi connectivity index (χ3v) is 8.30. The van der Waals surface area contributed by atoms with Gasteiger partial charge in [-0.05, 0) is 44.7 Å². The molecule has 3 aliphatic rings. The van der Waals surface area contributed by atoms with Crippen molar-refractivity contribution in [3.05, 3.63) is 41.1 Å². The van der Waals surface area contributed by atoms with Crippen molar-refractivity contribution in [1.29, 1.82) is 0 Å². The summed E-state index contributed by atoms with van der Waals surface area (Å²) in [5.41, 5.74) is 3.06. The summed E-state index contributed by atoms with van der Waals surface area (Å²) in [7, 11) is -3.54. The SMILES string of the molecule is Cc1ccc(S(=O)(=O)N2CCc3nc(N4CCCC4)nc(N4CCCC4)c3C2)cc1. The van der Waals surface area contributed by atoms with Gasteiger partial charge >= 0.3 is 0 Å². The molecule has 0 N–H and O–H groups in total. The third kappa shape index (κ3) is 3.56. The second-order valence-electron chi connectivity index (χ2n) is 8.56. The zero-order valence-corrected chi connectivity index (χ0v) is 18.4. The highest BCUT2D eigenvalue weighted by Gasteiger charge is 2.33. The lowest BCUT2D eigenvalue weighted by Crippen LogP contribution is -2.38. The molecule has 0 bridgehead atoms. The van der Waals surface area contributed by atoms with E-state index in [0.29, 0.717) is 24.4 Å². The van der Waals surface area contributed by atoms with Gasteiger partial charge in [-0.3, -0.25) is 0 Å². The maximum Gasteiger partial charge on any atom is 0.243 e. The molecule has 8 heteroatoms. The van der Waals surface area contributed by atoms with E-state index < -0.39 is 10.0 Å². The molecular weight excluding hydrogens is 398 g/mol. The largest absolute Gasteiger partial charge is 0.356 e. The smallest absolute Gasteiger partial charge is 0.243 e. The Morgan fingerprint density at radius 2 is 1.47 bits per heavy atom. The Kier molecular flexibility index (Phi) is 5.14. The minimum Gasteiger partial charge on any atom is -0.356 e. The Balaban J connectivity index is 1.51. The lowest BCUT2D eigenvalue weighted by Gasteiger charge is -2.32. The van der Waals surface area contributed by atoms with Crippen LogP contribution in [0.5, 0.6) is 0 Å². The predicted molar refractivity (Wildman–Crippen MR) is 117 cm³/mol. The van der Waals surface area contributed by atoms with E-state index in [1.165, 1.54) is 12.8 Å². The number of hydrogen-bond acceptors (Lipinski definition) is 6. The van der Waals surface area contributed by atoms with Gasteiger partial charge in [0.05, 0.1) is 10.6 Å². The molecule has 0 atom stereocenters. The van der Waals surface area contributed by atoms with Crippen LogP contribution in [0, 0.1) is 6.92 Å². The minimum absolute atomic E-state index is 0.345. The van der Waals surface area contributed by atoms with Crippen LogP contribution in [0.3, 0.4) is 0 Å². The summed E-state index contributed by atoms with van der Waals surface area (Å²) in [6.07, 6.45) is 5.31. The first-order valence-corrected chi connectivity index (χ1v) is 12.4. The molecule has 3 aliphatic heterocycles. The average Bonchev–Trinajstić information content (AvgIpc) is 3.47. The van der Waals surface area contributed by atoms with E-state index in [9.17, 15) is 8.42 Å². The van der Waals surface area contributed by atoms with Crippen molar-refractivity contribution in [2.75, 3.05) is 42.5 Å². The van der Waals surface area contributed by atoms with Gasteiger partial charge in [0, 0.05) is 51.3 Å². The van der Waals surface area contributed by atoms with Crippen LogP contribution in [0.2, 0.25) is 0 Å². The fraction of sp³-hybridized carbons (Fsp3) is 0.545. The normalized spacial score (nSPS) is 20.0. The van der Waals surface area contributed by atoms with E-state index in [-0.39, 0.29) is 0 Å². The standard InChI is InChI=1S/C22H29N5O2S/c1-17-6-8-18(9-7-17)30(28,29)27-15-10-20-19(16-27)21(25-11-2-3-12-25)24-22(23-20)26-13-4-5-14-26/h6-9H,2-5,10-16H2,1H3. The Labute approximate surface area is 178 Å². The lowest BCUT2D eigenvalue weighted by atomic mass is 10.1. The van der Waals surface area contributed by atoms with E-state index >= 15 is 0 Å². The highest BCUT2D eigenvalue weighted by atomic mass is 32.2. The summed E-state index contributed by atoms with van der Waals surface area (Å²) in [5, 5.41) is 0. The molecule has 1 aromatic heterocycles. The highest BCUT2D eigenvalue weighted by molar-refractivity contribution is 7.89. The summed E-state index contributed by atoms with van der Waals surface area (Å²) >= 11 is 0. The maximum atomic E-state index is 13.3. The minimum atomic E-state index is -3.54. The topological polar surface area (TPSA) is 69.6 Å². The second kappa shape index (κ2) is 7.81. The fourth-order valence-electron chi connectivity index (χ4n) is 4.67. The number of anilines is 2. The Morgan fingerprint density at radius 3 is 2.13 bits per heavy atom. The molecule has 1 aromatic carbocycles. The van der Waals surface area contributed by atoms with E-state index in [4.69, 9.17) is 9.97 Å². The Hall–Kier alpha value is -2.19. The lowest BCUT2D eigenvalue weighted by molar-refractivity contribution is 0.387. The van der Waals surface area contributed by atoms with Crippen molar-refractivity contribution >= 4 is 21.8 Å². The number of hydrogen-bond donors (Lipinski definition) is 0. The molecule has 0 aliphatic carbocycles. The predicted octanol–water partition coefficient (Wildman–Crippen LogP) is 2.73. The van der Waals surface area contributed by atoms with Gasteiger partial charge in [-0.25, -0.2) is 13.4 Å². The van der Waals surface area contributed by atoms with Crippen LogP contribution < -0.4 is 9.80 Å². The molecule has 0 spiro atoms. The van der Waals surface area contributed by atoms with Gasteiger partial charge in [-0.15, -0.1) is 0 Å². The summed E-state index contributed by atoms with van der Waals surface area (Å²) < 4.78 is 28.2. The van der Waals surface area contributed by atoms with Gasteiger partial charge in [0.15, 0.2) is 0 Å². The molecule has 2 aromatic rings. The van der Waals surface area contributed by atoms with Gasteiger partial charge in [0.1, 0.15) is 5.82 Å². The number of aromatic nitrogens is 2. The van der Waals surface area contributed by atoms with Crippen molar-refractivity contribution in [1.82, 2.24) is 14.3 Å². The van der Waals surface area contributed by atoms with Gasteiger partial charge in [-0.1, -0.05) is 17.7 Å². The van der Waals surface area contributed by atoms with Crippen LogP contribution in [0.4, 0.5) is 11.8 Å². The molecule has 30 heavy (non-hydrogen) atoms. The Bertz CT molecular complexity index is 1030. The quantitative estimate of drug-likeness (QED) is 0.747. The maximum absolute atomic E-state index is 13.3. The molecule has 0 amide bonds. The van der Waals surface area contributed by atoms with Gasteiger partial charge in [0.2, 0.25) is 16.0 Å². The first-order chi connectivity index (χ1) is 14.5. The molecule has 0 saturated carbocycles. The summed E-state index contributed by atoms with van der Waals surface area (Å²) in [4.78, 5) is 14.8. The van der Waals surface area contributed by atoms with Crippen LogP contribution in [-0.2, 0) is 23.0 Å². The zero-order valence-electron chi connectivity index (χ0n) is 17.5. The van der Waals surface area contributed by atoms with Crippen LogP contribution in [0.1, 0.15) is 42.5 Å². The van der Waals surface area contributed by atoms with Crippen LogP contribution in [-0.4, -0.2) is 55.4 Å². The number of benzene rings is 1. The van der Waals surface area contributed by atoms with E-state index in [0.717, 1.165) is 67.6 Å². The summed E-state index contributed by atoms with van der Waals surface area (Å²) in [5.74, 6) is 1.77. The van der Waals surface area contributed by atoms with E-state index in [1.54, 1.807) is 16.4 Å². The van der Waals surface area contributed by atoms with Crippen LogP contribution in [0.15, 0.2) is 29.2 Å². The molecule has 160 valence electrons. The number of fused-ring (bicyclic) bond motifs is 1. The van der Waals surface area contributed by atoms with Crippen molar-refractivity contribution in [3.8, 4) is 0 Å². The monoisotopic (exact) mass is 427 g/mol. The average molecular weight is 428 g/mol. The van der Waals surface area contributed by atoms with Crippen molar-refractivity contribution in [3.63, 3.8) is 0 Å². The molecule has 2 saturated heterocycles. The van der Waals surface area contributed by atoms with Crippen molar-refractivity contribution in [2.24, 2.45) is 0 Å². The molecule has 0 unspecified atom stereocenters. The van der Waals surface area contributed by atoms with E-state index in [1.807, 2.05) is 19.1 Å². The molecule has 7 nitrogen and oxygen atoms in total. The molecule has 0 radical (unpaired) electrons. The van der Waals surface area contributed by atoms with Gasteiger partial charge in [-0.2, -0.15) is 9.29 Å². The Morgan fingerprint density at radius 1 is 0.833 bits per heavy atom. The number of aryl methyl sites for hydroxylation is 1. The van der Waals surface area contributed by atoms with Gasteiger partial charge < -0.3 is 9.80 Å². The van der Waals surface area contributed by atoms with Gasteiger partial charge in [0.25, 0.3) is 0 Å². The fourth-order valence-corrected chi connectivity index (χ4v) is 6.08. The van der Waals surface area contributed by atoms with Crippen LogP contribution >= 0.6 is 0 Å². The highest BCUT2D eigenvalue weighted by Crippen LogP contribution is 2.33. The first kappa shape index (κ1) is 19.8.